The molecule has 1 aliphatic heterocycles. The summed E-state index contributed by atoms with van der Waals surface area (Å²) in [6, 6.07) is 9.89. The molecule has 2 N–H and O–H groups in total. The lowest BCUT2D eigenvalue weighted by molar-refractivity contribution is -0.258. The van der Waals surface area contributed by atoms with E-state index < -0.39 is 22.6 Å². The summed E-state index contributed by atoms with van der Waals surface area (Å²) in [6.07, 6.45) is -2.03. The van der Waals surface area contributed by atoms with Crippen LogP contribution in [0, 0.1) is 5.41 Å². The van der Waals surface area contributed by atoms with Gasteiger partial charge in [-0.15, -0.1) is 0 Å². The van der Waals surface area contributed by atoms with Gasteiger partial charge in [0.15, 0.2) is 5.60 Å². The van der Waals surface area contributed by atoms with E-state index >= 15 is 0 Å². The molecule has 5 rings (SSSR count). The van der Waals surface area contributed by atoms with Crippen LogP contribution in [0.3, 0.4) is 0 Å². The van der Waals surface area contributed by atoms with E-state index in [1.807, 2.05) is 17.0 Å². The van der Waals surface area contributed by atoms with E-state index in [0.717, 1.165) is 29.1 Å². The first-order valence-corrected chi connectivity index (χ1v) is 11.4. The highest BCUT2D eigenvalue weighted by Gasteiger charge is 2.58. The number of H-pyrrole nitrogens is 1. The second kappa shape index (κ2) is 7.07. The first-order valence-electron chi connectivity index (χ1n) is 11.4. The highest BCUT2D eigenvalue weighted by molar-refractivity contribution is 5.97. The summed E-state index contributed by atoms with van der Waals surface area (Å²) in [4.78, 5) is 22.8. The standard InChI is InChI=1S/C26H28F3N3O2/c1-23(2)21-12-15-5-7-17(25(4,34)26(27,28)29)13-18(15)24(23,3)9-10-32(21)22(33)16-6-8-19-20(11-16)31-14-30-19/h5-8,11,13-14,21,34H,9-10,12H2,1-4H3,(H,30,31)/t21-,24+,25?/m1/s1. The smallest absolute Gasteiger partial charge is 0.376 e. The van der Waals surface area contributed by atoms with Crippen molar-refractivity contribution in [2.24, 2.45) is 5.41 Å². The van der Waals surface area contributed by atoms with Crippen LogP contribution in [0.1, 0.15) is 61.2 Å². The molecule has 34 heavy (non-hydrogen) atoms. The summed E-state index contributed by atoms with van der Waals surface area (Å²) in [7, 11) is 0. The molecule has 2 bridgehead atoms. The van der Waals surface area contributed by atoms with Crippen molar-refractivity contribution in [2.75, 3.05) is 6.54 Å². The van der Waals surface area contributed by atoms with E-state index in [1.54, 1.807) is 18.5 Å². The Morgan fingerprint density at radius 3 is 2.62 bits per heavy atom. The third-order valence-electron chi connectivity index (χ3n) is 8.64. The minimum Gasteiger partial charge on any atom is -0.376 e. The minimum absolute atomic E-state index is 0.0586. The van der Waals surface area contributed by atoms with Gasteiger partial charge in [-0.25, -0.2) is 4.98 Å². The Morgan fingerprint density at radius 2 is 1.91 bits per heavy atom. The molecule has 2 aliphatic rings. The fourth-order valence-corrected chi connectivity index (χ4v) is 5.85. The number of alkyl halides is 3. The number of benzene rings is 2. The van der Waals surface area contributed by atoms with E-state index in [1.165, 1.54) is 12.1 Å². The van der Waals surface area contributed by atoms with Crippen LogP contribution in [0.4, 0.5) is 13.2 Å². The fraction of sp³-hybridized carbons (Fsp3) is 0.462. The van der Waals surface area contributed by atoms with Crippen LogP contribution in [0.5, 0.6) is 0 Å². The van der Waals surface area contributed by atoms with Crippen molar-refractivity contribution in [3.05, 3.63) is 65.0 Å². The number of aromatic nitrogens is 2. The molecule has 8 heteroatoms. The second-order valence-electron chi connectivity index (χ2n) is 10.6. The van der Waals surface area contributed by atoms with Gasteiger partial charge >= 0.3 is 6.18 Å². The third-order valence-corrected chi connectivity index (χ3v) is 8.64. The maximum absolute atomic E-state index is 13.6. The number of likely N-dealkylation sites (tertiary alicyclic amines) is 1. The Morgan fingerprint density at radius 1 is 1.18 bits per heavy atom. The zero-order valence-electron chi connectivity index (χ0n) is 19.6. The Hall–Kier alpha value is -2.87. The lowest BCUT2D eigenvalue weighted by Crippen LogP contribution is -2.65. The van der Waals surface area contributed by atoms with Crippen molar-refractivity contribution < 1.29 is 23.1 Å². The van der Waals surface area contributed by atoms with Gasteiger partial charge in [-0.05, 0) is 60.1 Å². The maximum Gasteiger partial charge on any atom is 0.421 e. The van der Waals surface area contributed by atoms with Gasteiger partial charge < -0.3 is 15.0 Å². The number of hydrogen-bond acceptors (Lipinski definition) is 3. The van der Waals surface area contributed by atoms with Gasteiger partial charge in [0.05, 0.1) is 17.4 Å². The molecule has 3 aromatic rings. The molecular formula is C26H28F3N3O2. The molecule has 2 heterocycles. The van der Waals surface area contributed by atoms with Gasteiger partial charge in [0.1, 0.15) is 0 Å². The van der Waals surface area contributed by atoms with Crippen LogP contribution in [0.2, 0.25) is 0 Å². The first-order chi connectivity index (χ1) is 15.8. The van der Waals surface area contributed by atoms with Crippen LogP contribution < -0.4 is 0 Å². The summed E-state index contributed by atoms with van der Waals surface area (Å²) in [6.45, 7) is 7.55. The Bertz CT molecular complexity index is 1290. The number of aliphatic hydroxyl groups is 1. The van der Waals surface area contributed by atoms with Crippen LogP contribution >= 0.6 is 0 Å². The number of nitrogens with one attached hydrogen (secondary N) is 1. The van der Waals surface area contributed by atoms with Crippen LogP contribution in [0.25, 0.3) is 11.0 Å². The molecule has 0 spiro atoms. The lowest BCUT2D eigenvalue weighted by Gasteiger charge is -2.61. The van der Waals surface area contributed by atoms with Gasteiger partial charge in [-0.3, -0.25) is 4.79 Å². The van der Waals surface area contributed by atoms with Gasteiger partial charge in [-0.2, -0.15) is 13.2 Å². The molecule has 180 valence electrons. The molecule has 1 aliphatic carbocycles. The average Bonchev–Trinajstić information content (AvgIpc) is 3.23. The molecule has 2 aromatic carbocycles. The number of piperidine rings is 1. The number of nitrogens with zero attached hydrogens (tertiary/aromatic N) is 2. The number of hydrogen-bond donors (Lipinski definition) is 2. The normalized spacial score (nSPS) is 25.6. The maximum atomic E-state index is 13.6. The van der Waals surface area contributed by atoms with Crippen molar-refractivity contribution >= 4 is 16.9 Å². The number of imidazole rings is 1. The zero-order valence-corrected chi connectivity index (χ0v) is 19.6. The van der Waals surface area contributed by atoms with E-state index in [9.17, 15) is 23.1 Å². The number of aromatic amines is 1. The van der Waals surface area contributed by atoms with Crippen molar-refractivity contribution in [2.45, 2.75) is 63.8 Å². The monoisotopic (exact) mass is 471 g/mol. The topological polar surface area (TPSA) is 69.2 Å². The molecule has 1 amide bonds. The summed E-state index contributed by atoms with van der Waals surface area (Å²) in [5.41, 5.74) is 0.00437. The lowest BCUT2D eigenvalue weighted by atomic mass is 9.50. The molecule has 0 radical (unpaired) electrons. The van der Waals surface area contributed by atoms with Gasteiger partial charge in [0.25, 0.3) is 5.91 Å². The van der Waals surface area contributed by atoms with Crippen molar-refractivity contribution in [1.29, 1.82) is 0 Å². The van der Waals surface area contributed by atoms with Crippen LogP contribution in [0.15, 0.2) is 42.7 Å². The predicted octanol–water partition coefficient (Wildman–Crippen LogP) is 5.09. The molecule has 1 unspecified atom stereocenters. The number of carbonyl (C=O) groups is 1. The molecule has 1 saturated heterocycles. The molecule has 5 nitrogen and oxygen atoms in total. The predicted molar refractivity (Wildman–Crippen MR) is 122 cm³/mol. The second-order valence-corrected chi connectivity index (χ2v) is 10.6. The van der Waals surface area contributed by atoms with Crippen LogP contribution in [-0.4, -0.2) is 44.6 Å². The van der Waals surface area contributed by atoms with E-state index in [0.29, 0.717) is 24.9 Å². The van der Waals surface area contributed by atoms with Gasteiger partial charge in [-0.1, -0.05) is 39.0 Å². The van der Waals surface area contributed by atoms with E-state index in [-0.39, 0.29) is 17.5 Å². The fourth-order valence-electron chi connectivity index (χ4n) is 5.85. The summed E-state index contributed by atoms with van der Waals surface area (Å²) in [5.74, 6) is -0.0586. The summed E-state index contributed by atoms with van der Waals surface area (Å²) >= 11 is 0. The Labute approximate surface area is 196 Å². The van der Waals surface area contributed by atoms with Crippen molar-refractivity contribution in [3.63, 3.8) is 0 Å². The highest BCUT2D eigenvalue weighted by atomic mass is 19.4. The summed E-state index contributed by atoms with van der Waals surface area (Å²) < 4.78 is 40.6. The number of rotatable bonds is 2. The van der Waals surface area contributed by atoms with Crippen LogP contribution in [-0.2, 0) is 17.4 Å². The molecule has 3 atom stereocenters. The average molecular weight is 472 g/mol. The highest BCUT2D eigenvalue weighted by Crippen LogP contribution is 2.57. The van der Waals surface area contributed by atoms with Gasteiger partial charge in [0, 0.05) is 23.6 Å². The molecule has 1 aromatic heterocycles. The Kier molecular flexibility index (Phi) is 4.76. The van der Waals surface area contributed by atoms with Crippen molar-refractivity contribution in [1.82, 2.24) is 14.9 Å². The largest absolute Gasteiger partial charge is 0.421 e. The van der Waals surface area contributed by atoms with E-state index in [2.05, 4.69) is 30.7 Å². The molecular weight excluding hydrogens is 443 g/mol. The molecule has 1 fully saturated rings. The number of fused-ring (bicyclic) bond motifs is 5. The first kappa shape index (κ1) is 22.9. The number of amides is 1. The minimum atomic E-state index is -4.78. The quantitative estimate of drug-likeness (QED) is 0.547. The molecule has 0 saturated carbocycles. The van der Waals surface area contributed by atoms with Crippen molar-refractivity contribution in [3.8, 4) is 0 Å². The summed E-state index contributed by atoms with van der Waals surface area (Å²) in [5, 5.41) is 10.3. The number of halogens is 3. The Balaban J connectivity index is 1.54. The zero-order chi connectivity index (χ0) is 24.7. The third kappa shape index (κ3) is 3.04. The van der Waals surface area contributed by atoms with E-state index in [4.69, 9.17) is 0 Å². The van der Waals surface area contributed by atoms with Gasteiger partial charge in [0.2, 0.25) is 0 Å². The SMILES string of the molecule is CC(O)(c1ccc2c(c1)[C@]1(C)CCN(C(=O)c3ccc4nc[nH]c4c3)[C@H](C2)C1(C)C)C(F)(F)F. The number of carbonyl (C=O) groups excluding carboxylic acids is 1.